The second-order valence-corrected chi connectivity index (χ2v) is 5.26. The van der Waals surface area contributed by atoms with Gasteiger partial charge in [-0.1, -0.05) is 0 Å². The summed E-state index contributed by atoms with van der Waals surface area (Å²) in [6.07, 6.45) is 1.31. The highest BCUT2D eigenvalue weighted by Crippen LogP contribution is 2.22. The third-order valence-electron chi connectivity index (χ3n) is 3.52. The Morgan fingerprint density at radius 1 is 1.52 bits per heavy atom. The predicted molar refractivity (Wildman–Crippen MR) is 73.7 cm³/mol. The molecule has 1 aromatic carbocycles. The lowest BCUT2D eigenvalue weighted by Crippen LogP contribution is -2.41. The fourth-order valence-electron chi connectivity index (χ4n) is 2.41. The minimum absolute atomic E-state index is 0.0285. The molecule has 7 heteroatoms. The van der Waals surface area contributed by atoms with E-state index in [1.807, 2.05) is 6.92 Å². The van der Waals surface area contributed by atoms with Gasteiger partial charge in [0.05, 0.1) is 16.6 Å². The molecule has 0 aliphatic carbocycles. The van der Waals surface area contributed by atoms with E-state index in [2.05, 4.69) is 5.32 Å². The third kappa shape index (κ3) is 3.55. The lowest BCUT2D eigenvalue weighted by Gasteiger charge is -2.28. The molecular formula is C14H17FN2O4. The highest BCUT2D eigenvalue weighted by atomic mass is 19.1. The molecule has 0 spiro atoms. The summed E-state index contributed by atoms with van der Waals surface area (Å²) in [4.78, 5) is 22.3. The van der Waals surface area contributed by atoms with Crippen LogP contribution in [0.4, 0.5) is 10.1 Å². The van der Waals surface area contributed by atoms with Gasteiger partial charge in [0.2, 0.25) is 0 Å². The molecule has 0 saturated carbocycles. The van der Waals surface area contributed by atoms with Gasteiger partial charge in [0.15, 0.2) is 0 Å². The Morgan fingerprint density at radius 2 is 2.24 bits per heavy atom. The smallest absolute Gasteiger partial charge is 0.270 e. The molecule has 2 rings (SSSR count). The van der Waals surface area contributed by atoms with Crippen LogP contribution < -0.4 is 5.32 Å². The van der Waals surface area contributed by atoms with Gasteiger partial charge in [-0.2, -0.15) is 0 Å². The molecule has 0 bridgehead atoms. The number of nitrogens with zero attached hydrogens (tertiary/aromatic N) is 1. The standard InChI is InChI=1S/C14H17FN2O4/c1-8-5-11(17(19)20)7-12(13(8)15)14(18)16-10-3-4-21-9(2)6-10/h5,7,9-10H,3-4,6H2,1-2H3,(H,16,18). The predicted octanol–water partition coefficient (Wildman–Crippen LogP) is 2.34. The van der Waals surface area contributed by atoms with Crippen molar-refractivity contribution in [1.29, 1.82) is 0 Å². The number of hydrogen-bond donors (Lipinski definition) is 1. The van der Waals surface area contributed by atoms with Gasteiger partial charge in [0.25, 0.3) is 11.6 Å². The number of carbonyl (C=O) groups is 1. The zero-order valence-electron chi connectivity index (χ0n) is 11.9. The lowest BCUT2D eigenvalue weighted by molar-refractivity contribution is -0.385. The van der Waals surface area contributed by atoms with Gasteiger partial charge in [0, 0.05) is 24.8 Å². The van der Waals surface area contributed by atoms with Crippen molar-refractivity contribution in [3.05, 3.63) is 39.2 Å². The Kier molecular flexibility index (Phi) is 4.52. The Labute approximate surface area is 121 Å². The Hall–Kier alpha value is -2.02. The summed E-state index contributed by atoms with van der Waals surface area (Å²) in [5.41, 5.74) is -0.505. The average Bonchev–Trinajstić information content (AvgIpc) is 2.41. The molecule has 114 valence electrons. The Bertz CT molecular complexity index is 576. The van der Waals surface area contributed by atoms with Gasteiger partial charge >= 0.3 is 0 Å². The summed E-state index contributed by atoms with van der Waals surface area (Å²) in [5, 5.41) is 13.5. The number of nitrogens with one attached hydrogen (secondary N) is 1. The third-order valence-corrected chi connectivity index (χ3v) is 3.52. The zero-order chi connectivity index (χ0) is 15.6. The van der Waals surface area contributed by atoms with E-state index in [0.29, 0.717) is 19.4 Å². The SMILES string of the molecule is Cc1cc([N+](=O)[O-])cc(C(=O)NC2CCOC(C)C2)c1F. The van der Waals surface area contributed by atoms with Gasteiger partial charge < -0.3 is 10.1 Å². The lowest BCUT2D eigenvalue weighted by atomic mass is 10.0. The van der Waals surface area contributed by atoms with E-state index in [-0.39, 0.29) is 29.0 Å². The number of rotatable bonds is 3. The van der Waals surface area contributed by atoms with Gasteiger partial charge in [-0.15, -0.1) is 0 Å². The average molecular weight is 296 g/mol. The van der Waals surface area contributed by atoms with Gasteiger partial charge in [0.1, 0.15) is 5.82 Å². The van der Waals surface area contributed by atoms with Crippen LogP contribution >= 0.6 is 0 Å². The number of aryl methyl sites for hydroxylation is 1. The highest BCUT2D eigenvalue weighted by Gasteiger charge is 2.24. The largest absolute Gasteiger partial charge is 0.378 e. The maximum Gasteiger partial charge on any atom is 0.270 e. The summed E-state index contributed by atoms with van der Waals surface area (Å²) in [7, 11) is 0. The number of nitro benzene ring substituents is 1. The van der Waals surface area contributed by atoms with E-state index in [9.17, 15) is 19.3 Å². The summed E-state index contributed by atoms with van der Waals surface area (Å²) < 4.78 is 19.4. The number of ether oxygens (including phenoxy) is 1. The van der Waals surface area contributed by atoms with E-state index >= 15 is 0 Å². The van der Waals surface area contributed by atoms with E-state index < -0.39 is 16.6 Å². The molecule has 0 radical (unpaired) electrons. The number of benzene rings is 1. The highest BCUT2D eigenvalue weighted by molar-refractivity contribution is 5.95. The second-order valence-electron chi connectivity index (χ2n) is 5.26. The monoisotopic (exact) mass is 296 g/mol. The minimum atomic E-state index is -0.724. The van der Waals surface area contributed by atoms with Crippen molar-refractivity contribution in [1.82, 2.24) is 5.32 Å². The van der Waals surface area contributed by atoms with Crippen LogP contribution in [0.1, 0.15) is 35.7 Å². The van der Waals surface area contributed by atoms with Crippen LogP contribution in [-0.2, 0) is 4.74 Å². The number of carbonyl (C=O) groups excluding carboxylic acids is 1. The van der Waals surface area contributed by atoms with E-state index in [4.69, 9.17) is 4.74 Å². The van der Waals surface area contributed by atoms with Crippen LogP contribution in [0, 0.1) is 22.9 Å². The van der Waals surface area contributed by atoms with E-state index in [0.717, 1.165) is 12.1 Å². The van der Waals surface area contributed by atoms with Crippen LogP contribution in [0.2, 0.25) is 0 Å². The number of hydrogen-bond acceptors (Lipinski definition) is 4. The molecule has 0 aromatic heterocycles. The molecule has 1 aliphatic heterocycles. The van der Waals surface area contributed by atoms with Crippen LogP contribution in [0.5, 0.6) is 0 Å². The van der Waals surface area contributed by atoms with Crippen LogP contribution in [0.3, 0.4) is 0 Å². The zero-order valence-corrected chi connectivity index (χ0v) is 11.9. The van der Waals surface area contributed by atoms with Crippen molar-refractivity contribution in [2.24, 2.45) is 0 Å². The van der Waals surface area contributed by atoms with E-state index in [1.54, 1.807) is 0 Å². The molecule has 1 aromatic rings. The molecule has 1 saturated heterocycles. The van der Waals surface area contributed by atoms with Crippen molar-refractivity contribution in [2.45, 2.75) is 38.8 Å². The molecule has 6 nitrogen and oxygen atoms in total. The first-order chi connectivity index (χ1) is 9.88. The summed E-state index contributed by atoms with van der Waals surface area (Å²) >= 11 is 0. The van der Waals surface area contributed by atoms with Gasteiger partial charge in [-0.25, -0.2) is 4.39 Å². The molecular weight excluding hydrogens is 279 g/mol. The van der Waals surface area contributed by atoms with Gasteiger partial charge in [-0.3, -0.25) is 14.9 Å². The number of nitro groups is 1. The molecule has 2 unspecified atom stereocenters. The van der Waals surface area contributed by atoms with Crippen LogP contribution in [0.25, 0.3) is 0 Å². The molecule has 2 atom stereocenters. The number of halogens is 1. The van der Waals surface area contributed by atoms with Crippen molar-refractivity contribution < 1.29 is 18.8 Å². The molecule has 1 aliphatic rings. The molecule has 1 fully saturated rings. The number of amides is 1. The van der Waals surface area contributed by atoms with Gasteiger partial charge in [-0.05, 0) is 32.3 Å². The summed E-state index contributed by atoms with van der Waals surface area (Å²) in [6, 6.07) is 1.98. The quantitative estimate of drug-likeness (QED) is 0.685. The van der Waals surface area contributed by atoms with Crippen LogP contribution in [0.15, 0.2) is 12.1 Å². The maximum absolute atomic E-state index is 14.0. The fraction of sp³-hybridized carbons (Fsp3) is 0.500. The van der Waals surface area contributed by atoms with E-state index in [1.165, 1.54) is 6.92 Å². The van der Waals surface area contributed by atoms with Crippen molar-refractivity contribution in [3.8, 4) is 0 Å². The maximum atomic E-state index is 14.0. The molecule has 1 N–H and O–H groups in total. The second kappa shape index (κ2) is 6.17. The van der Waals surface area contributed by atoms with Crippen molar-refractivity contribution in [3.63, 3.8) is 0 Å². The van der Waals surface area contributed by atoms with Crippen molar-refractivity contribution in [2.75, 3.05) is 6.61 Å². The molecule has 1 amide bonds. The Morgan fingerprint density at radius 3 is 2.86 bits per heavy atom. The first-order valence-electron chi connectivity index (χ1n) is 6.75. The topological polar surface area (TPSA) is 81.5 Å². The van der Waals surface area contributed by atoms with Crippen molar-refractivity contribution >= 4 is 11.6 Å². The normalized spacial score (nSPS) is 21.9. The first kappa shape index (κ1) is 15.4. The summed E-state index contributed by atoms with van der Waals surface area (Å²) in [5.74, 6) is -1.35. The number of non-ortho nitro benzene ring substituents is 1. The van der Waals surface area contributed by atoms with Crippen LogP contribution in [-0.4, -0.2) is 29.6 Å². The minimum Gasteiger partial charge on any atom is -0.378 e. The molecule has 21 heavy (non-hydrogen) atoms. The Balaban J connectivity index is 2.20. The summed E-state index contributed by atoms with van der Waals surface area (Å²) in [6.45, 7) is 3.83. The molecule has 1 heterocycles. The first-order valence-corrected chi connectivity index (χ1v) is 6.75. The fourth-order valence-corrected chi connectivity index (χ4v) is 2.41.